The summed E-state index contributed by atoms with van der Waals surface area (Å²) in [7, 11) is 3.13. The molecule has 109 heavy (non-hydrogen) atoms. The fourth-order valence-corrected chi connectivity index (χ4v) is 10.7. The van der Waals surface area contributed by atoms with Crippen LogP contribution < -0.4 is 0 Å². The van der Waals surface area contributed by atoms with Crippen molar-refractivity contribution in [3.8, 4) is 0 Å². The van der Waals surface area contributed by atoms with E-state index in [-0.39, 0.29) is 176 Å². The van der Waals surface area contributed by atoms with E-state index in [0.717, 1.165) is 148 Å². The maximum Gasteiger partial charge on any atom is 0.333 e. The van der Waals surface area contributed by atoms with Gasteiger partial charge in [0.25, 0.3) is 0 Å². The zero-order chi connectivity index (χ0) is 79.6. The van der Waals surface area contributed by atoms with Gasteiger partial charge in [0, 0.05) is 57.7 Å². The molecule has 0 aromatic carbocycles. The number of carbonyl (C=O) groups excluding carboxylic acids is 10. The third kappa shape index (κ3) is 71.2. The van der Waals surface area contributed by atoms with Crippen molar-refractivity contribution in [2.45, 2.75) is 302 Å². The largest absolute Gasteiger partial charge is 0.463 e. The zero-order valence-electron chi connectivity index (χ0n) is 66.8. The summed E-state index contributed by atoms with van der Waals surface area (Å²) in [6.45, 7) is 19.2. The molecule has 620 valence electrons. The fraction of sp³-hybridized carbons (Fsp3) is 0.674. The van der Waals surface area contributed by atoms with Crippen LogP contribution in [0.25, 0.3) is 0 Å². The minimum absolute atomic E-state index is 0. The summed E-state index contributed by atoms with van der Waals surface area (Å²) in [6, 6.07) is 0. The number of rotatable bonds is 54. The van der Waals surface area contributed by atoms with Crippen molar-refractivity contribution in [1.29, 1.82) is 0 Å². The number of allylic oxidation sites excluding steroid dienone is 12. The molecule has 0 N–H and O–H groups in total. The Kier molecular flexibility index (Phi) is 73.0. The van der Waals surface area contributed by atoms with Crippen LogP contribution in [0.2, 0.25) is 0 Å². The van der Waals surface area contributed by atoms with E-state index in [0.29, 0.717) is 32.8 Å². The van der Waals surface area contributed by atoms with Crippen molar-refractivity contribution in [2.24, 2.45) is 0 Å². The molecule has 4 atom stereocenters. The Labute approximate surface area is 665 Å². The summed E-state index contributed by atoms with van der Waals surface area (Å²) in [5, 5.41) is 0. The molecule has 0 aromatic heterocycles. The smallest absolute Gasteiger partial charge is 0.333 e. The predicted molar refractivity (Wildman–Crippen MR) is 419 cm³/mol. The Hall–Kier alpha value is -6.94. The van der Waals surface area contributed by atoms with Crippen LogP contribution in [0.4, 0.5) is 0 Å². The van der Waals surface area contributed by atoms with Crippen LogP contribution >= 0.6 is 0 Å². The first-order valence-corrected chi connectivity index (χ1v) is 39.8. The normalized spacial score (nSPS) is 15.8. The number of esters is 9. The third-order valence-electron chi connectivity index (χ3n) is 16.9. The average Bonchev–Trinajstić information content (AvgIpc) is 1.02. The summed E-state index contributed by atoms with van der Waals surface area (Å²) in [5.74, 6) is -3.97. The molecule has 0 saturated carbocycles. The van der Waals surface area contributed by atoms with Crippen molar-refractivity contribution in [3.05, 3.63) is 110 Å². The van der Waals surface area contributed by atoms with E-state index in [9.17, 15) is 47.9 Å². The first kappa shape index (κ1) is 104. The van der Waals surface area contributed by atoms with Crippen molar-refractivity contribution in [2.75, 3.05) is 73.7 Å². The van der Waals surface area contributed by atoms with Crippen molar-refractivity contribution in [1.82, 2.24) is 0 Å². The van der Waals surface area contributed by atoms with Gasteiger partial charge in [0.05, 0.1) is 71.4 Å². The van der Waals surface area contributed by atoms with Gasteiger partial charge in [0.1, 0.15) is 63.2 Å². The van der Waals surface area contributed by atoms with Crippen LogP contribution in [-0.4, -0.2) is 158 Å². The average molecular weight is 1620 g/mol. The molecule has 4 unspecified atom stereocenters. The number of ether oxygens (including phenoxy) is 12. The molecule has 0 heterocycles. The van der Waals surface area contributed by atoms with Crippen molar-refractivity contribution >= 4 is 59.5 Å². The minimum atomic E-state index is -0.549. The summed E-state index contributed by atoms with van der Waals surface area (Å²) in [4.78, 5) is 117. The number of ketones is 1. The number of hydrogen-bond acceptors (Lipinski definition) is 22. The molecule has 0 bridgehead atoms. The van der Waals surface area contributed by atoms with E-state index >= 15 is 0 Å². The van der Waals surface area contributed by atoms with Crippen LogP contribution in [0.3, 0.4) is 0 Å². The number of unbranched alkanes of at least 4 members (excludes halogenated alkanes) is 7. The SMILES string of the molecule is C1=CCCCCCC1.C=C(C)C(=O)OCCOC(=O)CCC(=O)OC1CC/C=C\CCC1.C=CCCCC(CCC=CCCCCCCC=CCCCC(CCC=C)OC(=O)CCC(=O)OCCOC(=O)C(=C)C)OC(=O)CCC(=O)CCOCCOC.COCCOC(=O)CCC(=O)OC1CC/C=C\CCC1.[Ru]. The Morgan fingerprint density at radius 3 is 1.17 bits per heavy atom. The second-order valence-electron chi connectivity index (χ2n) is 26.8. The fourth-order valence-electron chi connectivity index (χ4n) is 10.7. The van der Waals surface area contributed by atoms with Gasteiger partial charge >= 0.3 is 53.7 Å². The molecule has 3 rings (SSSR count). The second-order valence-corrected chi connectivity index (χ2v) is 26.8. The molecule has 23 heteroatoms. The quantitative estimate of drug-likeness (QED) is 0.0137. The molecule has 22 nitrogen and oxygen atoms in total. The first-order valence-electron chi connectivity index (χ1n) is 39.8. The van der Waals surface area contributed by atoms with E-state index in [1.165, 1.54) is 72.3 Å². The van der Waals surface area contributed by atoms with Gasteiger partial charge in [-0.1, -0.05) is 112 Å². The first-order chi connectivity index (χ1) is 52.3. The van der Waals surface area contributed by atoms with Crippen LogP contribution in [0, 0.1) is 0 Å². The van der Waals surface area contributed by atoms with Gasteiger partial charge < -0.3 is 56.8 Å². The van der Waals surface area contributed by atoms with Crippen molar-refractivity contribution < 1.29 is 124 Å². The molecule has 3 aliphatic carbocycles. The van der Waals surface area contributed by atoms with Gasteiger partial charge in [-0.15, -0.1) is 13.2 Å². The van der Waals surface area contributed by atoms with Gasteiger partial charge in [0.2, 0.25) is 0 Å². The Morgan fingerprint density at radius 1 is 0.358 bits per heavy atom. The topological polar surface area (TPSA) is 281 Å². The van der Waals surface area contributed by atoms with Crippen LogP contribution in [0.1, 0.15) is 277 Å². The van der Waals surface area contributed by atoms with E-state index < -0.39 is 29.8 Å². The van der Waals surface area contributed by atoms with Crippen LogP contribution in [0.15, 0.2) is 110 Å². The third-order valence-corrected chi connectivity index (χ3v) is 16.9. The molecule has 0 spiro atoms. The Balaban J connectivity index is 0. The molecule has 0 aromatic rings. The van der Waals surface area contributed by atoms with Gasteiger partial charge in [-0.2, -0.15) is 0 Å². The number of hydrogen-bond donors (Lipinski definition) is 0. The van der Waals surface area contributed by atoms with Crippen LogP contribution in [0.5, 0.6) is 0 Å². The molecule has 0 aliphatic heterocycles. The maximum atomic E-state index is 12.4. The monoisotopic (exact) mass is 1620 g/mol. The van der Waals surface area contributed by atoms with Gasteiger partial charge in [0.15, 0.2) is 0 Å². The number of Topliss-reactive ketones (excluding diaryl/α,β-unsaturated/α-hetero) is 1. The zero-order valence-corrected chi connectivity index (χ0v) is 68.5. The van der Waals surface area contributed by atoms with E-state index in [1.807, 2.05) is 6.08 Å². The minimum Gasteiger partial charge on any atom is -0.463 e. The molecular formula is C86H136O22Ru. The summed E-state index contributed by atoms with van der Waals surface area (Å²) >= 11 is 0. The molecule has 0 radical (unpaired) electrons. The molecule has 0 saturated heterocycles. The van der Waals surface area contributed by atoms with Gasteiger partial charge in [-0.25, -0.2) is 9.59 Å². The summed E-state index contributed by atoms with van der Waals surface area (Å²) < 4.78 is 61.6. The Bertz CT molecular complexity index is 2650. The Morgan fingerprint density at radius 2 is 0.725 bits per heavy atom. The van der Waals surface area contributed by atoms with Crippen LogP contribution in [-0.2, 0) is 124 Å². The summed E-state index contributed by atoms with van der Waals surface area (Å²) in [5.41, 5.74) is 0.552. The van der Waals surface area contributed by atoms with E-state index in [1.54, 1.807) is 13.2 Å². The second kappa shape index (κ2) is 76.4. The molecule has 0 amide bonds. The summed E-state index contributed by atoms with van der Waals surface area (Å²) in [6.07, 6.45) is 58.4. The molecule has 3 aliphatic rings. The van der Waals surface area contributed by atoms with Gasteiger partial charge in [-0.05, 0) is 194 Å². The maximum absolute atomic E-state index is 12.4. The number of methoxy groups -OCH3 is 2. The standard InChI is InChI=1S/C45H72O11.C18H26O6.C15H24O5.C8H14.Ru/c1-6-8-21-25-41(56-43(48)29-28-39(46)32-33-52-35-34-51-5)27-23-20-18-16-14-12-10-11-13-15-17-19-22-26-40(24-9-7-2)55-44(49)31-30-42(47)53-36-37-54-45(50)38(3)4;1-14(2)18(21)23-13-12-22-16(19)10-11-17(20)24-15-8-6-4-3-5-7-9-15;1-18-11-12-19-14(16)9-10-15(17)20-13-7-5-3-2-4-6-8-13;1-2-4-6-8-7-5-3-1;/h6-7,15,17-18,20,40-41H,1-3,8-14,16,19,21-37H2,4-5H3;3-4,15H,1,5-13H2,2H3;2-3,13H,4-12H2,1H3;1-2H,3-8H2;/b;4-3-;3-2-;;. The predicted octanol–water partition coefficient (Wildman–Crippen LogP) is 17.5. The molecular weight excluding hydrogens is 1490 g/mol. The van der Waals surface area contributed by atoms with E-state index in [4.69, 9.17) is 56.8 Å². The van der Waals surface area contributed by atoms with Crippen molar-refractivity contribution in [3.63, 3.8) is 0 Å². The molecule has 0 fully saturated rings. The number of carbonyl (C=O) groups is 10. The van der Waals surface area contributed by atoms with E-state index in [2.05, 4.69) is 87.1 Å². The van der Waals surface area contributed by atoms with Gasteiger partial charge in [-0.3, -0.25) is 38.4 Å².